The third-order valence-electron chi connectivity index (χ3n) is 0. The molecule has 0 saturated heterocycles. The zero-order valence-corrected chi connectivity index (χ0v) is 20.0. The van der Waals surface area contributed by atoms with E-state index >= 15 is 0 Å². The molecule has 0 amide bonds. The Morgan fingerprint density at radius 3 is 0.455 bits per heavy atom. The van der Waals surface area contributed by atoms with Crippen molar-refractivity contribution in [2.24, 2.45) is 0 Å². The van der Waals surface area contributed by atoms with Gasteiger partial charge in [-0.25, -0.2) is 0 Å². The van der Waals surface area contributed by atoms with Gasteiger partial charge < -0.3 is 0 Å². The molecule has 0 N–H and O–H groups in total. The minimum absolute atomic E-state index is 0. The van der Waals surface area contributed by atoms with E-state index in [0.29, 0.717) is 0 Å². The van der Waals surface area contributed by atoms with Crippen molar-refractivity contribution in [2.75, 3.05) is 0 Å². The van der Waals surface area contributed by atoms with Crippen LogP contribution < -0.4 is 0 Å². The Labute approximate surface area is 145 Å². The van der Waals surface area contributed by atoms with E-state index in [9.17, 15) is 0 Å². The maximum atomic E-state index is 5.25. The molecule has 0 spiro atoms. The fraction of sp³-hybridized carbons (Fsp3) is 1.00. The normalized spacial score (nSPS) is 3.27. The Morgan fingerprint density at radius 2 is 0.455 bits per heavy atom. The van der Waals surface area contributed by atoms with Crippen LogP contribution in [0.5, 0.6) is 0 Å². The average molecular weight is 814 g/mol. The van der Waals surface area contributed by atoms with Crippen molar-refractivity contribution in [1.82, 2.24) is 0 Å². The first kappa shape index (κ1) is 111. The summed E-state index contributed by atoms with van der Waals surface area (Å²) >= 11 is 0. The van der Waals surface area contributed by atoms with Crippen LogP contribution in [0, 0.1) is 0 Å². The molecular formula is C18H58B2Fm2. The summed E-state index contributed by atoms with van der Waals surface area (Å²) in [4.78, 5) is 0. The molecule has 0 fully saturated rings. The molecule has 0 aliphatic heterocycles. The molecule has 0 saturated carbocycles. The topological polar surface area (TPSA) is 0 Å². The number of hydrogen-bond acceptors (Lipinski definition) is 0. The van der Waals surface area contributed by atoms with Crippen LogP contribution in [0.4, 0.5) is 0 Å². The van der Waals surface area contributed by atoms with Crippen LogP contribution in [0.1, 0.15) is 126 Å². The van der Waals surface area contributed by atoms with E-state index in [0.717, 1.165) is 0 Å². The molecule has 0 bridgehead atoms. The first-order valence-electron chi connectivity index (χ1n) is 7.98. The molecule has 0 aromatic heterocycles. The van der Waals surface area contributed by atoms with Crippen LogP contribution in [0.2, 0.25) is 0 Å². The zero-order valence-electron chi connectivity index (χ0n) is 17.1. The SMILES string of the molecule is C.C.C.C.CC.CC.CC.CC.CCC.CCC.[3H][B].[3H][B].[Fm].[Fm]. The van der Waals surface area contributed by atoms with Crippen molar-refractivity contribution in [3.8, 4) is 0 Å². The Hall–Kier alpha value is -1.87. The van der Waals surface area contributed by atoms with E-state index in [-0.39, 0.29) is 29.7 Å². The quantitative estimate of drug-likeness (QED) is 0.217. The number of hydrogen-bond donors (Lipinski definition) is 0. The van der Waals surface area contributed by atoms with Gasteiger partial charge in [0.1, 0.15) is 0 Å². The van der Waals surface area contributed by atoms with Crippen molar-refractivity contribution in [3.05, 3.63) is 0 Å². The molecule has 0 aromatic rings. The smallest absolute Gasteiger partial charge is 0.0379 e. The van der Waals surface area contributed by atoms with Gasteiger partial charge in [0, 0.05) is 16.8 Å². The van der Waals surface area contributed by atoms with E-state index in [2.05, 4.69) is 44.4 Å². The fourth-order valence-electron chi connectivity index (χ4n) is 0. The minimum Gasteiger partial charge on any atom is -0.0776 e. The van der Waals surface area contributed by atoms with Gasteiger partial charge in [0.05, 0.1) is 0 Å². The Kier molecular flexibility index (Phi) is 1890000. The van der Waals surface area contributed by atoms with Crippen LogP contribution in [0.25, 0.3) is 0 Å². The molecule has 0 nitrogen and oxygen atoms in total. The molecule has 0 atom stereocenters. The second kappa shape index (κ2) is 373000. The van der Waals surface area contributed by atoms with Crippen LogP contribution in [0.15, 0.2) is 0 Å². The van der Waals surface area contributed by atoms with Crippen LogP contribution in [-0.4, -0.2) is 19.4 Å². The maximum Gasteiger partial charge on any atom is 0.0379 e. The second-order valence-electron chi connectivity index (χ2n) is 1.41. The first-order valence-corrected chi connectivity index (χ1v) is 6.83. The summed E-state index contributed by atoms with van der Waals surface area (Å²) in [5.74, 6) is 0. The van der Waals surface area contributed by atoms with Crippen molar-refractivity contribution >= 4 is 16.8 Å². The van der Waals surface area contributed by atoms with Gasteiger partial charge in [-0.1, -0.05) is 126 Å². The molecule has 0 aliphatic carbocycles. The van der Waals surface area contributed by atoms with Gasteiger partial charge in [0.15, 0.2) is 0 Å². The number of rotatable bonds is 0. The largest absolute Gasteiger partial charge is 0.0776 e. The van der Waals surface area contributed by atoms with Crippen molar-refractivity contribution in [1.29, 1.82) is 2.67 Å². The molecule has 0 heterocycles. The monoisotopic (exact) mass is 815 g/mol. The van der Waals surface area contributed by atoms with Gasteiger partial charge in [-0.3, -0.25) is 0 Å². The van der Waals surface area contributed by atoms with Gasteiger partial charge >= 0.3 is 0 Å². The van der Waals surface area contributed by atoms with Crippen molar-refractivity contribution in [2.45, 2.75) is 126 Å². The third-order valence-corrected chi connectivity index (χ3v) is 0. The summed E-state index contributed by atoms with van der Waals surface area (Å²) in [5, 5.41) is 0. The molecule has 0 unspecified atom stereocenters. The summed E-state index contributed by atoms with van der Waals surface area (Å²) in [7, 11) is 7.50. The molecule has 4 radical (unpaired) electrons. The predicted octanol–water partition coefficient (Wildman–Crippen LogP) is 8.18. The van der Waals surface area contributed by atoms with Crippen molar-refractivity contribution in [3.63, 3.8) is 0 Å². The van der Waals surface area contributed by atoms with Crippen LogP contribution >= 0.6 is 0 Å². The van der Waals surface area contributed by atoms with Crippen LogP contribution in [0.3, 0.4) is 0 Å². The van der Waals surface area contributed by atoms with E-state index in [1.54, 1.807) is 0 Å². The van der Waals surface area contributed by atoms with Gasteiger partial charge in [-0.05, 0) is 2.67 Å². The molecule has 0 aromatic carbocycles. The summed E-state index contributed by atoms with van der Waals surface area (Å²) < 4.78 is 10.5. The van der Waals surface area contributed by atoms with Gasteiger partial charge in [-0.15, -0.1) is 0 Å². The maximum absolute atomic E-state index is 5.25. The molecular weight excluding hydrogens is 752 g/mol. The Bertz CT molecular complexity index is 31.0. The third kappa shape index (κ3) is 1520. The molecule has 0 rings (SSSR count). The van der Waals surface area contributed by atoms with E-state index in [1.807, 2.05) is 55.4 Å². The van der Waals surface area contributed by atoms with Crippen molar-refractivity contribution < 1.29 is 0 Å². The summed E-state index contributed by atoms with van der Waals surface area (Å²) in [6.07, 6.45) is 2.50. The molecule has 22 heavy (non-hydrogen) atoms. The molecule has 160 valence electrons. The second-order valence-corrected chi connectivity index (χ2v) is 1.41. The van der Waals surface area contributed by atoms with E-state index in [4.69, 9.17) is 2.67 Å². The molecule has 4 heteroatoms. The average Bonchev–Trinajstić information content (AvgIpc) is 2.52. The zero-order chi connectivity index (χ0) is 17.4. The molecule has 0 aliphatic rings. The minimum atomic E-state index is 0. The summed E-state index contributed by atoms with van der Waals surface area (Å²) in [6.45, 7) is 24.5. The van der Waals surface area contributed by atoms with E-state index < -0.39 is 0 Å². The van der Waals surface area contributed by atoms with E-state index in [1.165, 1.54) is 12.8 Å². The first-order chi connectivity index (χ1) is 8.83. The Morgan fingerprint density at radius 1 is 0.455 bits per heavy atom. The summed E-state index contributed by atoms with van der Waals surface area (Å²) in [6, 6.07) is 0. The Balaban J connectivity index is -0.00000000386. The van der Waals surface area contributed by atoms with Gasteiger partial charge in [-0.2, -0.15) is 0 Å². The van der Waals surface area contributed by atoms with Gasteiger partial charge in [0.2, 0.25) is 0 Å². The van der Waals surface area contributed by atoms with Gasteiger partial charge in [0.25, 0.3) is 0 Å². The standard InChI is InChI=1S/2C3H8.4C2H6.4CH4.2BH.2Fm/c2*1-3-2;4*1-2;;;;;;;;/h2*3H2,1-2H3;4*1-2H3;4*1H4;2*1H;;/i;;;;;;;;;;2*1T;;. The fourth-order valence-corrected chi connectivity index (χ4v) is 0. The summed E-state index contributed by atoms with van der Waals surface area (Å²) in [5.41, 5.74) is 0. The predicted molar refractivity (Wildman–Crippen MR) is 119 cm³/mol. The van der Waals surface area contributed by atoms with Crippen LogP contribution in [-0.2, 0) is 0 Å².